The summed E-state index contributed by atoms with van der Waals surface area (Å²) in [5.41, 5.74) is 8.24. The van der Waals surface area contributed by atoms with E-state index in [-0.39, 0.29) is 23.3 Å². The average molecular weight is 491 g/mol. The number of fused-ring (bicyclic) bond motifs is 1. The molecule has 2 aromatic heterocycles. The summed E-state index contributed by atoms with van der Waals surface area (Å²) in [6.45, 7) is 5.42. The van der Waals surface area contributed by atoms with E-state index in [1.807, 2.05) is 51.1 Å². The molecule has 1 saturated carbocycles. The third-order valence-electron chi connectivity index (χ3n) is 6.17. The van der Waals surface area contributed by atoms with E-state index in [1.165, 1.54) is 6.07 Å². The Balaban J connectivity index is 1.52. The highest BCUT2D eigenvalue weighted by Crippen LogP contribution is 2.41. The van der Waals surface area contributed by atoms with Crippen molar-refractivity contribution in [3.05, 3.63) is 54.1 Å². The fourth-order valence-corrected chi connectivity index (χ4v) is 4.33. The van der Waals surface area contributed by atoms with Crippen LogP contribution < -0.4 is 11.1 Å². The van der Waals surface area contributed by atoms with Crippen molar-refractivity contribution in [3.8, 4) is 22.6 Å². The SMILES string of the molecule is CC(C)(C)OC(=O)Nc1ccc(-c2cc3cc(F)c(-c4nnc(C(N)=O)[nH]4)cc3n2C2CCC2)cc1. The van der Waals surface area contributed by atoms with Crippen LogP contribution in [0.1, 0.15) is 56.7 Å². The van der Waals surface area contributed by atoms with Crippen LogP contribution in [0.2, 0.25) is 0 Å². The highest BCUT2D eigenvalue weighted by molar-refractivity contribution is 5.92. The number of carbonyl (C=O) groups is 2. The van der Waals surface area contributed by atoms with Gasteiger partial charge in [-0.2, -0.15) is 0 Å². The lowest BCUT2D eigenvalue weighted by molar-refractivity contribution is 0.0635. The Morgan fingerprint density at radius 2 is 1.86 bits per heavy atom. The number of hydrogen-bond acceptors (Lipinski definition) is 5. The zero-order valence-electron chi connectivity index (χ0n) is 20.3. The van der Waals surface area contributed by atoms with Gasteiger partial charge < -0.3 is 20.0 Å². The summed E-state index contributed by atoms with van der Waals surface area (Å²) in [4.78, 5) is 26.2. The third-order valence-corrected chi connectivity index (χ3v) is 6.17. The molecule has 2 heterocycles. The first kappa shape index (κ1) is 23.5. The van der Waals surface area contributed by atoms with Gasteiger partial charge in [0.05, 0.1) is 5.56 Å². The lowest BCUT2D eigenvalue weighted by Gasteiger charge is -2.30. The fourth-order valence-electron chi connectivity index (χ4n) is 4.33. The molecule has 0 saturated heterocycles. The molecule has 5 rings (SSSR count). The number of nitrogens with two attached hydrogens (primary N) is 1. The minimum absolute atomic E-state index is 0.125. The van der Waals surface area contributed by atoms with Gasteiger partial charge >= 0.3 is 6.09 Å². The molecule has 0 atom stereocenters. The first-order valence-corrected chi connectivity index (χ1v) is 11.8. The van der Waals surface area contributed by atoms with Crippen molar-refractivity contribution >= 4 is 28.6 Å². The number of primary amides is 1. The van der Waals surface area contributed by atoms with E-state index in [0.717, 1.165) is 41.4 Å². The predicted octanol–water partition coefficient (Wildman–Crippen LogP) is 5.40. The molecule has 0 radical (unpaired) electrons. The number of halogens is 1. The van der Waals surface area contributed by atoms with Crippen molar-refractivity contribution in [1.82, 2.24) is 19.7 Å². The lowest BCUT2D eigenvalue weighted by atomic mass is 9.92. The summed E-state index contributed by atoms with van der Waals surface area (Å²) >= 11 is 0. The molecule has 0 bridgehead atoms. The predicted molar refractivity (Wildman–Crippen MR) is 134 cm³/mol. The average Bonchev–Trinajstić information content (AvgIpc) is 3.37. The van der Waals surface area contributed by atoms with Crippen molar-refractivity contribution < 1.29 is 18.7 Å². The zero-order chi connectivity index (χ0) is 25.6. The Morgan fingerprint density at radius 1 is 1.14 bits per heavy atom. The summed E-state index contributed by atoms with van der Waals surface area (Å²) < 4.78 is 22.6. The van der Waals surface area contributed by atoms with Gasteiger partial charge in [0.25, 0.3) is 5.91 Å². The molecule has 0 unspecified atom stereocenters. The zero-order valence-corrected chi connectivity index (χ0v) is 20.3. The Morgan fingerprint density at radius 3 is 2.44 bits per heavy atom. The molecule has 2 amide bonds. The Kier molecular flexibility index (Phi) is 5.74. The number of amides is 2. The first-order valence-electron chi connectivity index (χ1n) is 11.8. The Labute approximate surface area is 206 Å². The van der Waals surface area contributed by atoms with Gasteiger partial charge in [-0.05, 0) is 75.9 Å². The van der Waals surface area contributed by atoms with E-state index in [4.69, 9.17) is 10.5 Å². The molecule has 1 aliphatic rings. The van der Waals surface area contributed by atoms with Crippen LogP contribution in [0, 0.1) is 5.82 Å². The Bertz CT molecular complexity index is 1460. The summed E-state index contributed by atoms with van der Waals surface area (Å²) in [5, 5.41) is 11.1. The van der Waals surface area contributed by atoms with Gasteiger partial charge in [0, 0.05) is 28.3 Å². The second-order valence-electron chi connectivity index (χ2n) is 9.97. The van der Waals surface area contributed by atoms with E-state index in [9.17, 15) is 9.59 Å². The number of carbonyl (C=O) groups excluding carboxylic acids is 2. The number of rotatable bonds is 5. The number of nitrogens with one attached hydrogen (secondary N) is 2. The van der Waals surface area contributed by atoms with Crippen molar-refractivity contribution in [2.24, 2.45) is 5.73 Å². The van der Waals surface area contributed by atoms with E-state index in [1.54, 1.807) is 6.07 Å². The maximum absolute atomic E-state index is 15.1. The largest absolute Gasteiger partial charge is 0.444 e. The van der Waals surface area contributed by atoms with Gasteiger partial charge in [-0.1, -0.05) is 12.1 Å². The van der Waals surface area contributed by atoms with Crippen LogP contribution in [-0.2, 0) is 4.74 Å². The Hall–Kier alpha value is -4.21. The number of nitrogens with zero attached hydrogens (tertiary/aromatic N) is 3. The molecule has 1 fully saturated rings. The van der Waals surface area contributed by atoms with Crippen LogP contribution in [0.4, 0.5) is 14.9 Å². The van der Waals surface area contributed by atoms with E-state index in [0.29, 0.717) is 5.69 Å². The van der Waals surface area contributed by atoms with Crippen LogP contribution in [0.3, 0.4) is 0 Å². The molecule has 1 aliphatic carbocycles. The van der Waals surface area contributed by atoms with Crippen molar-refractivity contribution in [2.75, 3.05) is 5.32 Å². The fraction of sp³-hybridized carbons (Fsp3) is 0.308. The molecular formula is C26H27FN6O3. The van der Waals surface area contributed by atoms with Crippen LogP contribution in [0.25, 0.3) is 33.5 Å². The quantitative estimate of drug-likeness (QED) is 0.345. The van der Waals surface area contributed by atoms with E-state index in [2.05, 4.69) is 25.1 Å². The van der Waals surface area contributed by atoms with E-state index >= 15 is 4.39 Å². The number of benzene rings is 2. The molecule has 0 spiro atoms. The maximum atomic E-state index is 15.1. The van der Waals surface area contributed by atoms with Crippen molar-refractivity contribution in [1.29, 1.82) is 0 Å². The molecular weight excluding hydrogens is 463 g/mol. The molecule has 4 aromatic rings. The molecule has 36 heavy (non-hydrogen) atoms. The molecule has 0 aliphatic heterocycles. The topological polar surface area (TPSA) is 128 Å². The molecule has 2 aromatic carbocycles. The first-order chi connectivity index (χ1) is 17.1. The smallest absolute Gasteiger partial charge is 0.412 e. The van der Waals surface area contributed by atoms with Crippen LogP contribution in [-0.4, -0.2) is 37.3 Å². The second kappa shape index (κ2) is 8.78. The third kappa shape index (κ3) is 4.53. The second-order valence-corrected chi connectivity index (χ2v) is 9.97. The highest BCUT2D eigenvalue weighted by Gasteiger charge is 2.26. The molecule has 186 valence electrons. The standard InChI is InChI=1S/C26H27FN6O3/c1-26(2,3)36-25(35)29-16-9-7-14(8-10-16)20-12-15-11-19(27)18(23-30-24(22(28)34)32-31-23)13-21(15)33(20)17-5-4-6-17/h7-13,17H,4-6H2,1-3H3,(H2,28,34)(H,29,35)(H,30,31,32). The summed E-state index contributed by atoms with van der Waals surface area (Å²) in [6, 6.07) is 12.9. The minimum atomic E-state index is -0.764. The summed E-state index contributed by atoms with van der Waals surface area (Å²) in [5.74, 6) is -1.23. The molecule has 9 nitrogen and oxygen atoms in total. The van der Waals surface area contributed by atoms with Crippen molar-refractivity contribution in [3.63, 3.8) is 0 Å². The summed E-state index contributed by atoms with van der Waals surface area (Å²) in [7, 11) is 0. The van der Waals surface area contributed by atoms with E-state index < -0.39 is 23.4 Å². The monoisotopic (exact) mass is 490 g/mol. The van der Waals surface area contributed by atoms with Gasteiger partial charge in [0.1, 0.15) is 11.4 Å². The lowest BCUT2D eigenvalue weighted by Crippen LogP contribution is -2.27. The number of anilines is 1. The minimum Gasteiger partial charge on any atom is -0.444 e. The van der Waals surface area contributed by atoms with Crippen LogP contribution in [0.15, 0.2) is 42.5 Å². The number of H-pyrrole nitrogens is 1. The highest BCUT2D eigenvalue weighted by atomic mass is 19.1. The molecule has 4 N–H and O–H groups in total. The van der Waals surface area contributed by atoms with Crippen molar-refractivity contribution in [2.45, 2.75) is 51.7 Å². The molecule has 10 heteroatoms. The maximum Gasteiger partial charge on any atom is 0.412 e. The summed E-state index contributed by atoms with van der Waals surface area (Å²) in [6.07, 6.45) is 2.65. The number of aromatic amines is 1. The number of hydrogen-bond donors (Lipinski definition) is 3. The van der Waals surface area contributed by atoms with Gasteiger partial charge in [-0.3, -0.25) is 10.1 Å². The van der Waals surface area contributed by atoms with Gasteiger partial charge in [0.15, 0.2) is 5.82 Å². The normalized spacial score (nSPS) is 14.0. The number of ether oxygens (including phenoxy) is 1. The van der Waals surface area contributed by atoms with Crippen LogP contribution in [0.5, 0.6) is 0 Å². The van der Waals surface area contributed by atoms with Gasteiger partial charge in [-0.15, -0.1) is 10.2 Å². The number of aromatic nitrogens is 4. The van der Waals surface area contributed by atoms with Gasteiger partial charge in [-0.25, -0.2) is 9.18 Å². The van der Waals surface area contributed by atoms with Gasteiger partial charge in [0.2, 0.25) is 5.82 Å². The van der Waals surface area contributed by atoms with Crippen LogP contribution >= 0.6 is 0 Å².